The number of hydrogen-bond donors (Lipinski definition) is 0. The molecular formula is C63H56N4O. The Bertz CT molecular complexity index is 3570. The van der Waals surface area contributed by atoms with E-state index >= 15 is 0 Å². The van der Waals surface area contributed by atoms with Crippen molar-refractivity contribution < 1.29 is 8.85 Å². The van der Waals surface area contributed by atoms with Crippen molar-refractivity contribution in [3.05, 3.63) is 217 Å². The topological polar surface area (TPSA) is 33.5 Å². The largest absolute Gasteiger partial charge is 0.457 e. The first-order chi connectivity index (χ1) is 34.1. The van der Waals surface area contributed by atoms with Gasteiger partial charge in [0.2, 0.25) is 0 Å². The van der Waals surface area contributed by atoms with E-state index < -0.39 is 6.85 Å². The molecule has 0 N–H and O–H groups in total. The summed E-state index contributed by atoms with van der Waals surface area (Å²) in [6.07, 6.45) is 1.70. The van der Waals surface area contributed by atoms with Crippen molar-refractivity contribution in [2.75, 3.05) is 16.5 Å². The van der Waals surface area contributed by atoms with Gasteiger partial charge in [-0.25, -0.2) is 4.98 Å². The minimum Gasteiger partial charge on any atom is -0.457 e. The maximum Gasteiger partial charge on any atom is 0.137 e. The zero-order valence-electron chi connectivity index (χ0n) is 42.5. The first kappa shape index (κ1) is 39.3. The highest BCUT2D eigenvalue weighted by molar-refractivity contribution is 6.09. The molecule has 0 bridgehead atoms. The molecule has 8 aromatic carbocycles. The summed E-state index contributed by atoms with van der Waals surface area (Å²) in [6.45, 7) is 11.9. The zero-order valence-corrected chi connectivity index (χ0v) is 39.5. The number of fused-ring (bicyclic) bond motifs is 4. The van der Waals surface area contributed by atoms with E-state index in [0.29, 0.717) is 29.5 Å². The van der Waals surface area contributed by atoms with Gasteiger partial charge in [-0.1, -0.05) is 169 Å². The lowest BCUT2D eigenvalue weighted by atomic mass is 9.80. The van der Waals surface area contributed by atoms with Crippen LogP contribution in [0.15, 0.2) is 200 Å². The van der Waals surface area contributed by atoms with E-state index in [2.05, 4.69) is 167 Å². The monoisotopic (exact) mass is 887 g/mol. The van der Waals surface area contributed by atoms with Crippen molar-refractivity contribution in [2.24, 2.45) is 0 Å². The number of pyridine rings is 1. The van der Waals surface area contributed by atoms with Gasteiger partial charge in [-0.2, -0.15) is 0 Å². The number of benzene rings is 8. The molecule has 10 aromatic rings. The van der Waals surface area contributed by atoms with Gasteiger partial charge in [0.1, 0.15) is 24.0 Å². The third kappa shape index (κ3) is 7.88. The maximum atomic E-state index is 8.70. The van der Waals surface area contributed by atoms with Gasteiger partial charge < -0.3 is 14.5 Å². The predicted molar refractivity (Wildman–Crippen MR) is 286 cm³/mol. The third-order valence-corrected chi connectivity index (χ3v) is 13.3. The molecule has 334 valence electrons. The van der Waals surface area contributed by atoms with Crippen molar-refractivity contribution in [3.63, 3.8) is 0 Å². The molecule has 0 amide bonds. The molecule has 0 saturated carbocycles. The lowest BCUT2D eigenvalue weighted by Gasteiger charge is -2.30. The molecule has 11 rings (SSSR count). The van der Waals surface area contributed by atoms with E-state index in [1.54, 1.807) is 12.3 Å². The molecule has 5 heteroatoms. The van der Waals surface area contributed by atoms with E-state index in [0.717, 1.165) is 55.6 Å². The second kappa shape index (κ2) is 16.8. The lowest BCUT2D eigenvalue weighted by Crippen LogP contribution is -2.25. The smallest absolute Gasteiger partial charge is 0.137 e. The number of hydrogen-bond acceptors (Lipinski definition) is 4. The van der Waals surface area contributed by atoms with Gasteiger partial charge in [-0.3, -0.25) is 4.57 Å². The number of ether oxygens (including phenoxy) is 1. The Kier molecular flexibility index (Phi) is 9.69. The fraction of sp³-hybridized carbons (Fsp3) is 0.159. The summed E-state index contributed by atoms with van der Waals surface area (Å²) in [5.74, 6) is 1.85. The van der Waals surface area contributed by atoms with Gasteiger partial charge in [-0.15, -0.1) is 0 Å². The quantitative estimate of drug-likeness (QED) is 0.152. The number of aromatic nitrogens is 2. The number of anilines is 4. The Labute approximate surface area is 404 Å². The summed E-state index contributed by atoms with van der Waals surface area (Å²) in [5.41, 5.74) is 14.8. The molecule has 1 aliphatic heterocycles. The fourth-order valence-electron chi connectivity index (χ4n) is 9.62. The standard InChI is InChI=1S/C63H56N4O/c1-42-34-60(64-40-56(42)46-30-28-44(29-31-46)43-18-10-8-11-19-43)67-57-26-15-14-24-54(57)55-33-32-52(39-59(55)67)68-51-23-16-22-49(38-51)65-41-66(50-36-47(62(2,3)4)35-48(37-50)63(5,6)7)61-53(25-17-27-58(61)65)45-20-12-9-13-21-45/h8-40H,41H2,1-7H3/i1D3. The van der Waals surface area contributed by atoms with Crippen molar-refractivity contribution >= 4 is 44.6 Å². The summed E-state index contributed by atoms with van der Waals surface area (Å²) >= 11 is 0. The maximum absolute atomic E-state index is 8.70. The fourth-order valence-corrected chi connectivity index (χ4v) is 9.62. The van der Waals surface area contributed by atoms with Gasteiger partial charge in [0.05, 0.1) is 22.4 Å². The highest BCUT2D eigenvalue weighted by Crippen LogP contribution is 2.51. The van der Waals surface area contributed by atoms with Crippen LogP contribution >= 0.6 is 0 Å². The summed E-state index contributed by atoms with van der Waals surface area (Å²) in [5, 5.41) is 2.04. The highest BCUT2D eigenvalue weighted by Gasteiger charge is 2.33. The molecule has 0 unspecified atom stereocenters. The van der Waals surface area contributed by atoms with Crippen molar-refractivity contribution in [2.45, 2.75) is 59.2 Å². The molecule has 0 fully saturated rings. The molecule has 0 atom stereocenters. The summed E-state index contributed by atoms with van der Waals surface area (Å²) in [7, 11) is 0. The molecule has 0 saturated heterocycles. The van der Waals surface area contributed by atoms with Crippen LogP contribution in [0.2, 0.25) is 0 Å². The number of nitrogens with zero attached hydrogens (tertiary/aromatic N) is 4. The van der Waals surface area contributed by atoms with Crippen LogP contribution in [0, 0.1) is 6.85 Å². The average molecular weight is 888 g/mol. The highest BCUT2D eigenvalue weighted by atomic mass is 16.5. The van der Waals surface area contributed by atoms with Crippen LogP contribution in [-0.2, 0) is 10.8 Å². The van der Waals surface area contributed by atoms with Gasteiger partial charge in [-0.05, 0) is 111 Å². The summed E-state index contributed by atoms with van der Waals surface area (Å²) < 4.78 is 35.0. The van der Waals surface area contributed by atoms with E-state index in [-0.39, 0.29) is 16.4 Å². The Balaban J connectivity index is 0.969. The summed E-state index contributed by atoms with van der Waals surface area (Å²) in [4.78, 5) is 9.84. The SMILES string of the molecule is [2H]C([2H])([2H])c1cc(-n2c3ccccc3c3ccc(Oc4cccc(N5CN(c6cc(C(C)(C)C)cc(C(C)(C)C)c6)c6c(-c7ccccc7)cccc65)c4)cc32)ncc1-c1ccc(-c2ccccc2)cc1. The molecule has 68 heavy (non-hydrogen) atoms. The lowest BCUT2D eigenvalue weighted by molar-refractivity contribution is 0.483. The van der Waals surface area contributed by atoms with Crippen LogP contribution in [0.3, 0.4) is 0 Å². The second-order valence-corrected chi connectivity index (χ2v) is 20.0. The number of para-hydroxylation sites is 2. The van der Waals surface area contributed by atoms with Gasteiger partial charge in [0.15, 0.2) is 0 Å². The van der Waals surface area contributed by atoms with E-state index in [9.17, 15) is 0 Å². The molecule has 5 nitrogen and oxygen atoms in total. The molecule has 1 aliphatic rings. The molecular weight excluding hydrogens is 829 g/mol. The zero-order chi connectivity index (χ0) is 49.2. The molecule has 0 spiro atoms. The van der Waals surface area contributed by atoms with Crippen LogP contribution in [0.5, 0.6) is 11.5 Å². The van der Waals surface area contributed by atoms with Crippen LogP contribution < -0.4 is 14.5 Å². The van der Waals surface area contributed by atoms with Crippen LogP contribution in [-0.4, -0.2) is 16.2 Å². The first-order valence-electron chi connectivity index (χ1n) is 25.0. The number of aryl methyl sites for hydroxylation is 1. The Morgan fingerprint density at radius 1 is 0.485 bits per heavy atom. The van der Waals surface area contributed by atoms with Gasteiger partial charge in [0, 0.05) is 55.7 Å². The van der Waals surface area contributed by atoms with Crippen molar-refractivity contribution in [3.8, 4) is 50.7 Å². The van der Waals surface area contributed by atoms with E-state index in [4.69, 9.17) is 13.8 Å². The summed E-state index contributed by atoms with van der Waals surface area (Å²) in [6, 6.07) is 66.9. The predicted octanol–water partition coefficient (Wildman–Crippen LogP) is 17.1. The Morgan fingerprint density at radius 2 is 1.10 bits per heavy atom. The third-order valence-electron chi connectivity index (χ3n) is 13.3. The van der Waals surface area contributed by atoms with Crippen LogP contribution in [0.25, 0.3) is 61.0 Å². The Morgan fingerprint density at radius 3 is 1.82 bits per heavy atom. The van der Waals surface area contributed by atoms with Gasteiger partial charge in [0.25, 0.3) is 0 Å². The second-order valence-electron chi connectivity index (χ2n) is 20.0. The molecule has 3 heterocycles. The number of rotatable bonds is 8. The first-order valence-corrected chi connectivity index (χ1v) is 23.5. The molecule has 2 aromatic heterocycles. The average Bonchev–Trinajstić information content (AvgIpc) is 3.92. The molecule has 0 aliphatic carbocycles. The van der Waals surface area contributed by atoms with Gasteiger partial charge >= 0.3 is 0 Å². The Hall–Kier alpha value is -7.89. The minimum absolute atomic E-state index is 0.0430. The van der Waals surface area contributed by atoms with Crippen LogP contribution in [0.4, 0.5) is 22.7 Å². The molecule has 0 radical (unpaired) electrons. The van der Waals surface area contributed by atoms with Crippen molar-refractivity contribution in [1.82, 2.24) is 9.55 Å². The normalized spacial score (nSPS) is 13.6. The minimum atomic E-state index is -2.40. The van der Waals surface area contributed by atoms with E-state index in [1.165, 1.54) is 27.9 Å². The van der Waals surface area contributed by atoms with Crippen molar-refractivity contribution in [1.29, 1.82) is 0 Å². The van der Waals surface area contributed by atoms with E-state index in [1.807, 2.05) is 77.4 Å². The van der Waals surface area contributed by atoms with Crippen LogP contribution in [0.1, 0.15) is 62.3 Å².